The molecule has 6 nitrogen and oxygen atoms in total. The quantitative estimate of drug-likeness (QED) is 0.539. The van der Waals surface area contributed by atoms with E-state index >= 15 is 0 Å². The Hall–Kier alpha value is -2.19. The predicted molar refractivity (Wildman–Crippen MR) is 115 cm³/mol. The summed E-state index contributed by atoms with van der Waals surface area (Å²) in [5, 5.41) is 7.06. The van der Waals surface area contributed by atoms with E-state index in [0.717, 1.165) is 18.0 Å². The van der Waals surface area contributed by atoms with E-state index in [1.165, 1.54) is 6.08 Å². The van der Waals surface area contributed by atoms with Crippen molar-refractivity contribution in [1.82, 2.24) is 19.9 Å². The highest BCUT2D eigenvalue weighted by molar-refractivity contribution is 7.13. The van der Waals surface area contributed by atoms with Gasteiger partial charge >= 0.3 is 0 Å². The predicted octanol–water partition coefficient (Wildman–Crippen LogP) is 4.46. The van der Waals surface area contributed by atoms with Gasteiger partial charge in [0.05, 0.1) is 11.4 Å². The van der Waals surface area contributed by atoms with Crippen molar-refractivity contribution in [3.8, 4) is 10.7 Å². The molecule has 150 valence electrons. The van der Waals surface area contributed by atoms with Crippen LogP contribution in [0.1, 0.15) is 11.5 Å². The van der Waals surface area contributed by atoms with Crippen LogP contribution in [0.2, 0.25) is 10.0 Å². The number of piperazine rings is 1. The average molecular weight is 449 g/mol. The SMILES string of the molecule is O=C(/C=C/c1c(Cl)cccc1Cl)N1CCN(Cc2nc(-c3cccs3)no2)CC1. The Morgan fingerprint density at radius 1 is 1.14 bits per heavy atom. The maximum atomic E-state index is 12.5. The van der Waals surface area contributed by atoms with E-state index in [4.69, 9.17) is 27.7 Å². The number of aromatic nitrogens is 2. The molecule has 0 saturated carbocycles. The molecule has 1 aromatic carbocycles. The second kappa shape index (κ2) is 9.09. The highest BCUT2D eigenvalue weighted by atomic mass is 35.5. The Bertz CT molecular complexity index is 991. The number of carbonyl (C=O) groups excluding carboxylic acids is 1. The summed E-state index contributed by atoms with van der Waals surface area (Å²) in [5.41, 5.74) is 0.653. The van der Waals surface area contributed by atoms with E-state index in [0.29, 0.717) is 47.0 Å². The van der Waals surface area contributed by atoms with Gasteiger partial charge < -0.3 is 9.42 Å². The summed E-state index contributed by atoms with van der Waals surface area (Å²) < 4.78 is 5.36. The summed E-state index contributed by atoms with van der Waals surface area (Å²) in [6, 6.07) is 9.19. The lowest BCUT2D eigenvalue weighted by atomic mass is 10.2. The molecular formula is C20H18Cl2N4O2S. The number of halogens is 2. The molecule has 1 aliphatic rings. The molecule has 29 heavy (non-hydrogen) atoms. The lowest BCUT2D eigenvalue weighted by Gasteiger charge is -2.33. The maximum Gasteiger partial charge on any atom is 0.246 e. The molecule has 0 bridgehead atoms. The lowest BCUT2D eigenvalue weighted by Crippen LogP contribution is -2.47. The van der Waals surface area contributed by atoms with Gasteiger partial charge in [-0.15, -0.1) is 11.3 Å². The molecule has 2 aromatic heterocycles. The third kappa shape index (κ3) is 4.87. The summed E-state index contributed by atoms with van der Waals surface area (Å²) in [7, 11) is 0. The molecule has 4 rings (SSSR count). The zero-order valence-corrected chi connectivity index (χ0v) is 17.8. The average Bonchev–Trinajstić information content (AvgIpc) is 3.40. The standard InChI is InChI=1S/C20H18Cl2N4O2S/c21-15-3-1-4-16(22)14(15)6-7-19(27)26-10-8-25(9-11-26)13-18-23-20(24-28-18)17-5-2-12-29-17/h1-7,12H,8-11,13H2/b7-6+. The van der Waals surface area contributed by atoms with Gasteiger partial charge in [-0.05, 0) is 29.7 Å². The van der Waals surface area contributed by atoms with Crippen LogP contribution in [0.5, 0.6) is 0 Å². The number of hydrogen-bond acceptors (Lipinski definition) is 6. The van der Waals surface area contributed by atoms with Gasteiger partial charge in [-0.2, -0.15) is 4.98 Å². The topological polar surface area (TPSA) is 62.5 Å². The minimum absolute atomic E-state index is 0.0570. The van der Waals surface area contributed by atoms with Gasteiger partial charge in [-0.25, -0.2) is 0 Å². The summed E-state index contributed by atoms with van der Waals surface area (Å²) in [6.07, 6.45) is 3.19. The van der Waals surface area contributed by atoms with Crippen LogP contribution in [0.3, 0.4) is 0 Å². The van der Waals surface area contributed by atoms with Gasteiger partial charge in [-0.1, -0.05) is 40.5 Å². The van der Waals surface area contributed by atoms with Gasteiger partial charge in [0.25, 0.3) is 0 Å². The van der Waals surface area contributed by atoms with Crippen LogP contribution in [0.15, 0.2) is 46.3 Å². The zero-order valence-electron chi connectivity index (χ0n) is 15.4. The van der Waals surface area contributed by atoms with Crippen molar-refractivity contribution in [3.63, 3.8) is 0 Å². The number of amides is 1. The van der Waals surface area contributed by atoms with E-state index in [1.54, 1.807) is 35.6 Å². The Balaban J connectivity index is 1.30. The Kier molecular flexibility index (Phi) is 6.30. The third-order valence-electron chi connectivity index (χ3n) is 4.64. The molecule has 1 fully saturated rings. The smallest absolute Gasteiger partial charge is 0.246 e. The van der Waals surface area contributed by atoms with E-state index in [2.05, 4.69) is 15.0 Å². The monoisotopic (exact) mass is 448 g/mol. The number of nitrogens with zero attached hydrogens (tertiary/aromatic N) is 4. The van der Waals surface area contributed by atoms with Crippen molar-refractivity contribution in [2.45, 2.75) is 6.54 Å². The minimum Gasteiger partial charge on any atom is -0.338 e. The number of thiophene rings is 1. The van der Waals surface area contributed by atoms with Crippen LogP contribution >= 0.6 is 34.5 Å². The molecular weight excluding hydrogens is 431 g/mol. The highest BCUT2D eigenvalue weighted by Gasteiger charge is 2.21. The Morgan fingerprint density at radius 2 is 1.90 bits per heavy atom. The van der Waals surface area contributed by atoms with E-state index in [9.17, 15) is 4.79 Å². The highest BCUT2D eigenvalue weighted by Crippen LogP contribution is 2.25. The van der Waals surface area contributed by atoms with Gasteiger partial charge in [0.1, 0.15) is 0 Å². The molecule has 1 amide bonds. The largest absolute Gasteiger partial charge is 0.338 e. The molecule has 1 aliphatic heterocycles. The molecule has 0 spiro atoms. The second-order valence-corrected chi connectivity index (χ2v) is 8.32. The second-order valence-electron chi connectivity index (χ2n) is 6.56. The van der Waals surface area contributed by atoms with Gasteiger partial charge in [0.15, 0.2) is 0 Å². The third-order valence-corrected chi connectivity index (χ3v) is 6.17. The van der Waals surface area contributed by atoms with Crippen LogP contribution in [0, 0.1) is 0 Å². The molecule has 0 aliphatic carbocycles. The van der Waals surface area contributed by atoms with Crippen molar-refractivity contribution in [1.29, 1.82) is 0 Å². The molecule has 9 heteroatoms. The summed E-state index contributed by atoms with van der Waals surface area (Å²) in [4.78, 5) is 21.9. The van der Waals surface area contributed by atoms with Crippen molar-refractivity contribution in [2.24, 2.45) is 0 Å². The molecule has 0 N–H and O–H groups in total. The van der Waals surface area contributed by atoms with Crippen LogP contribution in [0.25, 0.3) is 16.8 Å². The van der Waals surface area contributed by atoms with E-state index in [1.807, 2.05) is 22.4 Å². The Morgan fingerprint density at radius 3 is 2.59 bits per heavy atom. The van der Waals surface area contributed by atoms with Gasteiger partial charge in [-0.3, -0.25) is 9.69 Å². The number of rotatable bonds is 5. The molecule has 0 atom stereocenters. The van der Waals surface area contributed by atoms with Crippen LogP contribution in [0.4, 0.5) is 0 Å². The molecule has 0 radical (unpaired) electrons. The molecule has 3 aromatic rings. The number of hydrogen-bond donors (Lipinski definition) is 0. The normalized spacial score (nSPS) is 15.3. The lowest BCUT2D eigenvalue weighted by molar-refractivity contribution is -0.127. The van der Waals surface area contributed by atoms with Gasteiger partial charge in [0.2, 0.25) is 17.6 Å². The van der Waals surface area contributed by atoms with Crippen molar-refractivity contribution < 1.29 is 9.32 Å². The van der Waals surface area contributed by atoms with Crippen LogP contribution in [-0.2, 0) is 11.3 Å². The molecule has 0 unspecified atom stereocenters. The first kappa shape index (κ1) is 20.1. The first-order valence-corrected chi connectivity index (χ1v) is 10.7. The van der Waals surface area contributed by atoms with Crippen molar-refractivity contribution in [3.05, 3.63) is 63.3 Å². The summed E-state index contributed by atoms with van der Waals surface area (Å²) >= 11 is 13.9. The number of benzene rings is 1. The van der Waals surface area contributed by atoms with Crippen LogP contribution in [-0.4, -0.2) is 52.0 Å². The maximum absolute atomic E-state index is 12.5. The first-order chi connectivity index (χ1) is 14.1. The molecule has 3 heterocycles. The van der Waals surface area contributed by atoms with E-state index < -0.39 is 0 Å². The first-order valence-electron chi connectivity index (χ1n) is 9.10. The van der Waals surface area contributed by atoms with Gasteiger partial charge in [0, 0.05) is 47.9 Å². The summed E-state index contributed by atoms with van der Waals surface area (Å²) in [6.45, 7) is 3.31. The zero-order chi connectivity index (χ0) is 20.2. The fourth-order valence-electron chi connectivity index (χ4n) is 3.07. The fourth-order valence-corrected chi connectivity index (χ4v) is 4.25. The fraction of sp³-hybridized carbons (Fsp3) is 0.250. The van der Waals surface area contributed by atoms with E-state index in [-0.39, 0.29) is 5.91 Å². The summed E-state index contributed by atoms with van der Waals surface area (Å²) in [5.74, 6) is 1.15. The van der Waals surface area contributed by atoms with Crippen molar-refractivity contribution in [2.75, 3.05) is 26.2 Å². The minimum atomic E-state index is -0.0570. The number of carbonyl (C=O) groups is 1. The Labute approximate surface area is 182 Å². The van der Waals surface area contributed by atoms with Crippen LogP contribution < -0.4 is 0 Å². The van der Waals surface area contributed by atoms with Crippen molar-refractivity contribution >= 4 is 46.5 Å². The molecule has 1 saturated heterocycles.